The monoisotopic (exact) mass is 493 g/mol. The van der Waals surface area contributed by atoms with Crippen molar-refractivity contribution < 1.29 is 33.2 Å². The highest BCUT2D eigenvalue weighted by Gasteiger charge is 2.34. The van der Waals surface area contributed by atoms with Gasteiger partial charge in [-0.15, -0.1) is 0 Å². The Balaban J connectivity index is 1.85. The second-order valence-electron chi connectivity index (χ2n) is 8.24. The molecule has 0 bridgehead atoms. The van der Waals surface area contributed by atoms with Crippen molar-refractivity contribution in [3.05, 3.63) is 70.8 Å². The number of fused-ring (bicyclic) bond motifs is 1. The Bertz CT molecular complexity index is 1210. The van der Waals surface area contributed by atoms with E-state index in [2.05, 4.69) is 0 Å². The van der Waals surface area contributed by atoms with Gasteiger partial charge in [-0.1, -0.05) is 12.1 Å². The second kappa shape index (κ2) is 10.7. The van der Waals surface area contributed by atoms with Crippen LogP contribution in [-0.4, -0.2) is 60.0 Å². The summed E-state index contributed by atoms with van der Waals surface area (Å²) in [6, 6.07) is 14.7. The van der Waals surface area contributed by atoms with E-state index in [1.54, 1.807) is 33.5 Å². The van der Waals surface area contributed by atoms with Gasteiger partial charge < -0.3 is 33.3 Å². The van der Waals surface area contributed by atoms with Crippen molar-refractivity contribution in [3.63, 3.8) is 0 Å². The van der Waals surface area contributed by atoms with Crippen LogP contribution in [0.5, 0.6) is 34.5 Å². The van der Waals surface area contributed by atoms with Crippen molar-refractivity contribution in [3.8, 4) is 34.5 Å². The molecule has 1 atom stereocenters. The summed E-state index contributed by atoms with van der Waals surface area (Å²) in [5, 5.41) is 0. The van der Waals surface area contributed by atoms with Gasteiger partial charge in [0, 0.05) is 12.1 Å². The average molecular weight is 494 g/mol. The summed E-state index contributed by atoms with van der Waals surface area (Å²) < 4.78 is 32.9. The van der Waals surface area contributed by atoms with E-state index in [1.165, 1.54) is 21.3 Å². The number of carbonyl (C=O) groups is 1. The van der Waals surface area contributed by atoms with E-state index in [-0.39, 0.29) is 11.9 Å². The number of ether oxygens (including phenoxy) is 6. The minimum atomic E-state index is -0.356. The van der Waals surface area contributed by atoms with Crippen molar-refractivity contribution in [2.75, 3.05) is 49.2 Å². The number of hydrogen-bond acceptors (Lipinski definition) is 7. The topological polar surface area (TPSA) is 75.7 Å². The molecule has 0 saturated carbocycles. The molecule has 0 fully saturated rings. The molecule has 0 aromatic heterocycles. The number of benzene rings is 3. The summed E-state index contributed by atoms with van der Waals surface area (Å²) >= 11 is 0. The maximum atomic E-state index is 14.0. The summed E-state index contributed by atoms with van der Waals surface area (Å²) in [4.78, 5) is 15.9. The van der Waals surface area contributed by atoms with Crippen LogP contribution in [0.3, 0.4) is 0 Å². The predicted octanol–water partition coefficient (Wildman–Crippen LogP) is 4.53. The fraction of sp³-hybridized carbons (Fsp3) is 0.321. The SMILES string of the molecule is COc1ccc([C@H]2c3cc(OC)c(OC)cc3CCN2C(=O)c2cc(OC)c(OC)c(OC)c2)cc1. The summed E-state index contributed by atoms with van der Waals surface area (Å²) in [5.74, 6) is 3.13. The molecule has 0 saturated heterocycles. The molecule has 8 heteroatoms. The van der Waals surface area contributed by atoms with E-state index in [9.17, 15) is 4.79 Å². The molecule has 3 aromatic rings. The van der Waals surface area contributed by atoms with E-state index in [0.717, 1.165) is 22.4 Å². The molecule has 36 heavy (non-hydrogen) atoms. The number of hydrogen-bond donors (Lipinski definition) is 0. The van der Waals surface area contributed by atoms with Crippen LogP contribution in [0.25, 0.3) is 0 Å². The Morgan fingerprint density at radius 3 is 1.83 bits per heavy atom. The van der Waals surface area contributed by atoms with E-state index < -0.39 is 0 Å². The molecule has 0 spiro atoms. The van der Waals surface area contributed by atoms with Gasteiger partial charge in [0.15, 0.2) is 23.0 Å². The fourth-order valence-electron chi connectivity index (χ4n) is 4.68. The fourth-order valence-corrected chi connectivity index (χ4v) is 4.68. The minimum Gasteiger partial charge on any atom is -0.497 e. The molecule has 0 unspecified atom stereocenters. The van der Waals surface area contributed by atoms with Crippen LogP contribution in [0.2, 0.25) is 0 Å². The van der Waals surface area contributed by atoms with Gasteiger partial charge in [-0.05, 0) is 59.5 Å². The first-order chi connectivity index (χ1) is 17.5. The lowest BCUT2D eigenvalue weighted by molar-refractivity contribution is 0.0693. The molecule has 8 nitrogen and oxygen atoms in total. The van der Waals surface area contributed by atoms with Crippen molar-refractivity contribution in [2.24, 2.45) is 0 Å². The summed E-state index contributed by atoms with van der Waals surface area (Å²) in [5.41, 5.74) is 3.46. The molecule has 1 heterocycles. The van der Waals surface area contributed by atoms with Crippen molar-refractivity contribution >= 4 is 5.91 Å². The lowest BCUT2D eigenvalue weighted by atomic mass is 9.87. The Morgan fingerprint density at radius 1 is 0.722 bits per heavy atom. The molecular formula is C28H31NO7. The minimum absolute atomic E-state index is 0.157. The van der Waals surface area contributed by atoms with Crippen molar-refractivity contribution in [1.29, 1.82) is 0 Å². The normalized spacial score (nSPS) is 14.5. The van der Waals surface area contributed by atoms with Gasteiger partial charge in [-0.25, -0.2) is 0 Å². The zero-order valence-electron chi connectivity index (χ0n) is 21.4. The van der Waals surface area contributed by atoms with Crippen LogP contribution in [0.15, 0.2) is 48.5 Å². The predicted molar refractivity (Wildman–Crippen MR) is 135 cm³/mol. The van der Waals surface area contributed by atoms with E-state index in [4.69, 9.17) is 28.4 Å². The van der Waals surface area contributed by atoms with E-state index in [1.807, 2.05) is 41.3 Å². The maximum absolute atomic E-state index is 14.0. The first kappa shape index (κ1) is 25.0. The Labute approximate surface area is 211 Å². The standard InChI is InChI=1S/C28H31NO7/c1-31-20-9-7-17(8-10-20)26-21-16-23(33-3)22(32-2)13-18(21)11-12-29(26)28(30)19-14-24(34-4)27(36-6)25(15-19)35-5/h7-10,13-16,26H,11-12H2,1-6H3/t26-/m0/s1. The summed E-state index contributed by atoms with van der Waals surface area (Å²) in [6.45, 7) is 0.509. The lowest BCUT2D eigenvalue weighted by Gasteiger charge is -2.38. The largest absolute Gasteiger partial charge is 0.497 e. The quantitative estimate of drug-likeness (QED) is 0.457. The van der Waals surface area contributed by atoms with Crippen LogP contribution in [-0.2, 0) is 6.42 Å². The molecule has 0 N–H and O–H groups in total. The number of amides is 1. The molecular weight excluding hydrogens is 462 g/mol. The van der Waals surface area contributed by atoms with Crippen LogP contribution >= 0.6 is 0 Å². The van der Waals surface area contributed by atoms with Crippen LogP contribution in [0.1, 0.15) is 33.1 Å². The molecule has 0 aliphatic carbocycles. The molecule has 0 radical (unpaired) electrons. The summed E-state index contributed by atoms with van der Waals surface area (Å²) in [7, 11) is 9.45. The zero-order chi connectivity index (χ0) is 25.8. The van der Waals surface area contributed by atoms with E-state index in [0.29, 0.717) is 47.3 Å². The van der Waals surface area contributed by atoms with Gasteiger partial charge in [-0.3, -0.25) is 4.79 Å². The number of rotatable bonds is 8. The Kier molecular flexibility index (Phi) is 7.43. The maximum Gasteiger partial charge on any atom is 0.254 e. The highest BCUT2D eigenvalue weighted by Crippen LogP contribution is 2.43. The van der Waals surface area contributed by atoms with Crippen LogP contribution in [0.4, 0.5) is 0 Å². The highest BCUT2D eigenvalue weighted by molar-refractivity contribution is 5.96. The Hall–Kier alpha value is -4.07. The summed E-state index contributed by atoms with van der Waals surface area (Å²) in [6.07, 6.45) is 0.665. The van der Waals surface area contributed by atoms with Crippen molar-refractivity contribution in [2.45, 2.75) is 12.5 Å². The smallest absolute Gasteiger partial charge is 0.254 e. The first-order valence-electron chi connectivity index (χ1n) is 11.5. The molecule has 1 aliphatic heterocycles. The van der Waals surface area contributed by atoms with Gasteiger partial charge in [0.1, 0.15) is 5.75 Å². The Morgan fingerprint density at radius 2 is 1.31 bits per heavy atom. The van der Waals surface area contributed by atoms with E-state index >= 15 is 0 Å². The van der Waals surface area contributed by atoms with Crippen molar-refractivity contribution in [1.82, 2.24) is 4.90 Å². The molecule has 3 aromatic carbocycles. The number of methoxy groups -OCH3 is 6. The third-order valence-corrected chi connectivity index (χ3v) is 6.48. The average Bonchev–Trinajstić information content (AvgIpc) is 2.94. The molecule has 1 amide bonds. The van der Waals surface area contributed by atoms with Gasteiger partial charge in [0.25, 0.3) is 5.91 Å². The zero-order valence-corrected chi connectivity index (χ0v) is 21.4. The first-order valence-corrected chi connectivity index (χ1v) is 11.5. The highest BCUT2D eigenvalue weighted by atomic mass is 16.5. The number of carbonyl (C=O) groups excluding carboxylic acids is 1. The van der Waals surface area contributed by atoms with Crippen LogP contribution < -0.4 is 28.4 Å². The molecule has 4 rings (SSSR count). The van der Waals surface area contributed by atoms with Gasteiger partial charge in [0.2, 0.25) is 5.75 Å². The van der Waals surface area contributed by atoms with Gasteiger partial charge in [-0.2, -0.15) is 0 Å². The third kappa shape index (κ3) is 4.46. The molecule has 190 valence electrons. The van der Waals surface area contributed by atoms with Gasteiger partial charge >= 0.3 is 0 Å². The lowest BCUT2D eigenvalue weighted by Crippen LogP contribution is -2.40. The second-order valence-corrected chi connectivity index (χ2v) is 8.24. The van der Waals surface area contributed by atoms with Crippen LogP contribution in [0, 0.1) is 0 Å². The number of nitrogens with zero attached hydrogens (tertiary/aromatic N) is 1. The third-order valence-electron chi connectivity index (χ3n) is 6.48. The van der Waals surface area contributed by atoms with Gasteiger partial charge in [0.05, 0.1) is 48.7 Å². The molecule has 1 aliphatic rings.